The maximum atomic E-state index is 5.64. The minimum absolute atomic E-state index is 0.484. The van der Waals surface area contributed by atoms with Crippen LogP contribution in [0.5, 0.6) is 0 Å². The van der Waals surface area contributed by atoms with Gasteiger partial charge in [0.1, 0.15) is 0 Å². The van der Waals surface area contributed by atoms with Crippen LogP contribution in [0.1, 0.15) is 11.5 Å². The molecule has 2 rings (SSSR count). The van der Waals surface area contributed by atoms with E-state index in [0.29, 0.717) is 5.92 Å². The lowest BCUT2D eigenvalue weighted by Crippen LogP contribution is -2.13. The third-order valence-corrected chi connectivity index (χ3v) is 2.96. The second-order valence-corrected chi connectivity index (χ2v) is 3.87. The van der Waals surface area contributed by atoms with Crippen molar-refractivity contribution in [3.05, 3.63) is 28.2 Å². The molecular formula is C9H11BrN2. The molecule has 3 N–H and O–H groups in total. The van der Waals surface area contributed by atoms with Crippen molar-refractivity contribution in [1.29, 1.82) is 0 Å². The van der Waals surface area contributed by atoms with Crippen molar-refractivity contribution in [3.63, 3.8) is 0 Å². The molecule has 2 nitrogen and oxygen atoms in total. The molecule has 0 aliphatic carbocycles. The van der Waals surface area contributed by atoms with Crippen molar-refractivity contribution in [2.45, 2.75) is 5.92 Å². The van der Waals surface area contributed by atoms with Gasteiger partial charge >= 0.3 is 0 Å². The molecule has 1 aliphatic heterocycles. The molecule has 0 aromatic heterocycles. The fraction of sp³-hybridized carbons (Fsp3) is 0.333. The lowest BCUT2D eigenvalue weighted by atomic mass is 10.0. The number of hydrogen-bond donors (Lipinski definition) is 2. The molecule has 0 radical (unpaired) electrons. The summed E-state index contributed by atoms with van der Waals surface area (Å²) in [6.45, 7) is 1.69. The Hall–Kier alpha value is -0.540. The number of hydrogen-bond acceptors (Lipinski definition) is 2. The van der Waals surface area contributed by atoms with Crippen molar-refractivity contribution in [2.75, 3.05) is 18.4 Å². The minimum Gasteiger partial charge on any atom is -0.383 e. The lowest BCUT2D eigenvalue weighted by Gasteiger charge is -2.05. The topological polar surface area (TPSA) is 38.0 Å². The molecule has 0 saturated carbocycles. The Balaban J connectivity index is 2.46. The highest BCUT2D eigenvalue weighted by molar-refractivity contribution is 9.10. The van der Waals surface area contributed by atoms with Gasteiger partial charge in [-0.1, -0.05) is 12.1 Å². The third kappa shape index (κ3) is 1.13. The molecule has 0 bridgehead atoms. The molecule has 1 aliphatic rings. The maximum Gasteiger partial charge on any atom is 0.0521 e. The average molecular weight is 227 g/mol. The van der Waals surface area contributed by atoms with Gasteiger partial charge in [-0.25, -0.2) is 0 Å². The van der Waals surface area contributed by atoms with E-state index in [1.807, 2.05) is 6.07 Å². The van der Waals surface area contributed by atoms with E-state index in [4.69, 9.17) is 5.73 Å². The Morgan fingerprint density at radius 1 is 1.58 bits per heavy atom. The van der Waals surface area contributed by atoms with Crippen LogP contribution < -0.4 is 11.1 Å². The number of benzene rings is 1. The maximum absolute atomic E-state index is 5.64. The van der Waals surface area contributed by atoms with Gasteiger partial charge in [0, 0.05) is 23.5 Å². The summed E-state index contributed by atoms with van der Waals surface area (Å²) in [5.41, 5.74) is 8.20. The van der Waals surface area contributed by atoms with E-state index in [1.165, 1.54) is 11.3 Å². The normalized spacial score (nSPS) is 20.3. The summed E-state index contributed by atoms with van der Waals surface area (Å²) < 4.78 is 1.14. The summed E-state index contributed by atoms with van der Waals surface area (Å²) in [5, 5.41) is 3.34. The third-order valence-electron chi connectivity index (χ3n) is 2.30. The Kier molecular flexibility index (Phi) is 2.07. The van der Waals surface area contributed by atoms with Gasteiger partial charge in [0.05, 0.1) is 5.69 Å². The predicted molar refractivity (Wildman–Crippen MR) is 54.4 cm³/mol. The van der Waals surface area contributed by atoms with Crippen LogP contribution >= 0.6 is 15.9 Å². The highest BCUT2D eigenvalue weighted by Crippen LogP contribution is 2.36. The van der Waals surface area contributed by atoms with E-state index in [9.17, 15) is 0 Å². The molecule has 0 spiro atoms. The number of halogens is 1. The molecule has 3 heteroatoms. The van der Waals surface area contributed by atoms with Crippen LogP contribution in [0.2, 0.25) is 0 Å². The Bertz CT molecular complexity index is 299. The van der Waals surface area contributed by atoms with Crippen LogP contribution in [-0.4, -0.2) is 13.1 Å². The first-order valence-electron chi connectivity index (χ1n) is 4.05. The highest BCUT2D eigenvalue weighted by atomic mass is 79.9. The van der Waals surface area contributed by atoms with Crippen molar-refractivity contribution in [1.82, 2.24) is 0 Å². The summed E-state index contributed by atoms with van der Waals surface area (Å²) in [7, 11) is 0. The second-order valence-electron chi connectivity index (χ2n) is 3.02. The van der Waals surface area contributed by atoms with Gasteiger partial charge < -0.3 is 11.1 Å². The zero-order valence-electron chi connectivity index (χ0n) is 6.68. The quantitative estimate of drug-likeness (QED) is 0.769. The fourth-order valence-corrected chi connectivity index (χ4v) is 2.13. The summed E-state index contributed by atoms with van der Waals surface area (Å²) in [5.74, 6) is 0.484. The van der Waals surface area contributed by atoms with Gasteiger partial charge in [0.25, 0.3) is 0 Å². The van der Waals surface area contributed by atoms with Crippen LogP contribution in [0.4, 0.5) is 5.69 Å². The number of nitrogens with one attached hydrogen (secondary N) is 1. The van der Waals surface area contributed by atoms with Crippen LogP contribution in [0.15, 0.2) is 22.7 Å². The van der Waals surface area contributed by atoms with E-state index in [-0.39, 0.29) is 0 Å². The van der Waals surface area contributed by atoms with Crippen molar-refractivity contribution >= 4 is 21.6 Å². The summed E-state index contributed by atoms with van der Waals surface area (Å²) in [4.78, 5) is 0. The number of nitrogens with two attached hydrogens (primary N) is 1. The molecule has 1 aromatic rings. The molecule has 1 unspecified atom stereocenters. The Morgan fingerprint density at radius 3 is 3.17 bits per heavy atom. The van der Waals surface area contributed by atoms with E-state index < -0.39 is 0 Å². The molecule has 12 heavy (non-hydrogen) atoms. The molecule has 64 valence electrons. The first-order chi connectivity index (χ1) is 5.83. The van der Waals surface area contributed by atoms with Gasteiger partial charge in [-0.05, 0) is 27.6 Å². The molecule has 1 atom stereocenters. The predicted octanol–water partition coefficient (Wildman–Crippen LogP) is 1.92. The summed E-state index contributed by atoms with van der Waals surface area (Å²) >= 11 is 3.50. The average Bonchev–Trinajstić information content (AvgIpc) is 2.49. The highest BCUT2D eigenvalue weighted by Gasteiger charge is 2.21. The Labute approximate surface area is 80.3 Å². The number of fused-ring (bicyclic) bond motifs is 1. The zero-order valence-corrected chi connectivity index (χ0v) is 8.26. The summed E-state index contributed by atoms with van der Waals surface area (Å²) in [6.07, 6.45) is 0. The van der Waals surface area contributed by atoms with Gasteiger partial charge in [-0.3, -0.25) is 0 Å². The fourth-order valence-electron chi connectivity index (χ4n) is 1.61. The standard InChI is InChI=1S/C9H11BrN2/c10-8-3-1-2-7-6(4-11)5-12-9(7)8/h1-3,6,12H,4-5,11H2. The van der Waals surface area contributed by atoms with Crippen LogP contribution in [-0.2, 0) is 0 Å². The SMILES string of the molecule is NCC1CNc2c(Br)cccc21. The molecule has 1 aromatic carbocycles. The van der Waals surface area contributed by atoms with Crippen LogP contribution in [0, 0.1) is 0 Å². The van der Waals surface area contributed by atoms with Crippen molar-refractivity contribution in [2.24, 2.45) is 5.73 Å². The second kappa shape index (κ2) is 3.07. The number of para-hydroxylation sites is 1. The largest absolute Gasteiger partial charge is 0.383 e. The minimum atomic E-state index is 0.484. The van der Waals surface area contributed by atoms with Gasteiger partial charge in [-0.2, -0.15) is 0 Å². The van der Waals surface area contributed by atoms with E-state index >= 15 is 0 Å². The first kappa shape index (κ1) is 8.08. The van der Waals surface area contributed by atoms with E-state index in [0.717, 1.165) is 17.6 Å². The van der Waals surface area contributed by atoms with Gasteiger partial charge in [-0.15, -0.1) is 0 Å². The number of anilines is 1. The van der Waals surface area contributed by atoms with Crippen LogP contribution in [0.25, 0.3) is 0 Å². The van der Waals surface area contributed by atoms with Gasteiger partial charge in [0.2, 0.25) is 0 Å². The zero-order chi connectivity index (χ0) is 8.55. The smallest absolute Gasteiger partial charge is 0.0521 e. The number of rotatable bonds is 1. The van der Waals surface area contributed by atoms with Crippen LogP contribution in [0.3, 0.4) is 0 Å². The monoisotopic (exact) mass is 226 g/mol. The lowest BCUT2D eigenvalue weighted by molar-refractivity contribution is 0.767. The molecule has 0 saturated heterocycles. The molecular weight excluding hydrogens is 216 g/mol. The van der Waals surface area contributed by atoms with Crippen molar-refractivity contribution in [3.8, 4) is 0 Å². The molecule has 0 amide bonds. The van der Waals surface area contributed by atoms with Gasteiger partial charge in [0.15, 0.2) is 0 Å². The first-order valence-corrected chi connectivity index (χ1v) is 4.84. The van der Waals surface area contributed by atoms with Crippen molar-refractivity contribution < 1.29 is 0 Å². The molecule has 1 heterocycles. The van der Waals surface area contributed by atoms with E-state index in [2.05, 4.69) is 33.4 Å². The summed E-state index contributed by atoms with van der Waals surface area (Å²) in [6, 6.07) is 6.24. The molecule has 0 fully saturated rings. The van der Waals surface area contributed by atoms with E-state index in [1.54, 1.807) is 0 Å². The Morgan fingerprint density at radius 2 is 2.42 bits per heavy atom.